The van der Waals surface area contributed by atoms with Crippen molar-refractivity contribution in [1.82, 2.24) is 15.2 Å². The van der Waals surface area contributed by atoms with Crippen LogP contribution in [0.1, 0.15) is 15.9 Å². The fourth-order valence-corrected chi connectivity index (χ4v) is 2.56. The van der Waals surface area contributed by atoms with Gasteiger partial charge in [0, 0.05) is 50.8 Å². The van der Waals surface area contributed by atoms with Crippen LogP contribution >= 0.6 is 0 Å². The second kappa shape index (κ2) is 7.04. The van der Waals surface area contributed by atoms with E-state index in [4.69, 9.17) is 0 Å². The number of amides is 1. The largest absolute Gasteiger partial charge is 0.380 e. The lowest BCUT2D eigenvalue weighted by molar-refractivity contribution is 0.0737. The van der Waals surface area contributed by atoms with E-state index in [2.05, 4.69) is 15.6 Å². The molecule has 1 aromatic carbocycles. The van der Waals surface area contributed by atoms with Crippen molar-refractivity contribution >= 4 is 11.6 Å². The zero-order valence-corrected chi connectivity index (χ0v) is 12.5. The van der Waals surface area contributed by atoms with E-state index in [1.54, 1.807) is 6.20 Å². The molecule has 1 amide bonds. The third-order valence-corrected chi connectivity index (χ3v) is 3.77. The van der Waals surface area contributed by atoms with Crippen molar-refractivity contribution in [2.45, 2.75) is 6.54 Å². The second-order valence-electron chi connectivity index (χ2n) is 5.30. The lowest BCUT2D eigenvalue weighted by Crippen LogP contribution is -2.46. The predicted octanol–water partition coefficient (Wildman–Crippen LogP) is 1.74. The minimum atomic E-state index is 0.0933. The van der Waals surface area contributed by atoms with E-state index in [0.29, 0.717) is 6.54 Å². The Balaban J connectivity index is 1.73. The molecule has 2 aromatic rings. The summed E-state index contributed by atoms with van der Waals surface area (Å²) in [5, 5.41) is 6.61. The van der Waals surface area contributed by atoms with Gasteiger partial charge in [-0.1, -0.05) is 18.2 Å². The Kier molecular flexibility index (Phi) is 4.65. The van der Waals surface area contributed by atoms with Crippen molar-refractivity contribution in [2.75, 3.05) is 31.5 Å². The zero-order chi connectivity index (χ0) is 15.2. The van der Waals surface area contributed by atoms with Crippen LogP contribution in [0.5, 0.6) is 0 Å². The van der Waals surface area contributed by atoms with Gasteiger partial charge in [0.05, 0.1) is 5.56 Å². The summed E-state index contributed by atoms with van der Waals surface area (Å²) in [5.74, 6) is 0.0933. The first-order valence-electron chi connectivity index (χ1n) is 7.56. The first kappa shape index (κ1) is 14.5. The van der Waals surface area contributed by atoms with Crippen molar-refractivity contribution in [1.29, 1.82) is 0 Å². The van der Waals surface area contributed by atoms with Crippen LogP contribution in [0.2, 0.25) is 0 Å². The lowest BCUT2D eigenvalue weighted by atomic mass is 10.1. The summed E-state index contributed by atoms with van der Waals surface area (Å²) in [5.41, 5.74) is 2.69. The molecule has 0 atom stereocenters. The fourth-order valence-electron chi connectivity index (χ4n) is 2.56. The van der Waals surface area contributed by atoms with Gasteiger partial charge in [-0.3, -0.25) is 9.78 Å². The van der Waals surface area contributed by atoms with Crippen LogP contribution in [-0.4, -0.2) is 42.0 Å². The highest BCUT2D eigenvalue weighted by atomic mass is 16.2. The molecular weight excluding hydrogens is 276 g/mol. The summed E-state index contributed by atoms with van der Waals surface area (Å²) < 4.78 is 0. The minimum absolute atomic E-state index is 0.0933. The summed E-state index contributed by atoms with van der Waals surface area (Å²) in [6.45, 7) is 3.89. The number of carbonyl (C=O) groups excluding carboxylic acids is 1. The number of benzene rings is 1. The van der Waals surface area contributed by atoms with Gasteiger partial charge in [-0.25, -0.2) is 0 Å². The molecule has 1 aromatic heterocycles. The lowest BCUT2D eigenvalue weighted by Gasteiger charge is -2.28. The molecule has 1 saturated heterocycles. The van der Waals surface area contributed by atoms with Crippen molar-refractivity contribution in [3.63, 3.8) is 0 Å². The maximum absolute atomic E-state index is 12.7. The summed E-state index contributed by atoms with van der Waals surface area (Å²) >= 11 is 0. The van der Waals surface area contributed by atoms with Crippen LogP contribution in [0.25, 0.3) is 0 Å². The van der Waals surface area contributed by atoms with E-state index in [1.807, 2.05) is 47.5 Å². The van der Waals surface area contributed by atoms with Gasteiger partial charge < -0.3 is 15.5 Å². The Hall–Kier alpha value is -2.40. The number of piperazine rings is 1. The van der Waals surface area contributed by atoms with E-state index >= 15 is 0 Å². The molecular formula is C17H20N4O. The molecule has 2 heterocycles. The van der Waals surface area contributed by atoms with E-state index in [-0.39, 0.29) is 5.91 Å². The third-order valence-electron chi connectivity index (χ3n) is 3.77. The van der Waals surface area contributed by atoms with Gasteiger partial charge >= 0.3 is 0 Å². The Morgan fingerprint density at radius 3 is 2.77 bits per heavy atom. The number of carbonyl (C=O) groups is 1. The fraction of sp³-hybridized carbons (Fsp3) is 0.294. The van der Waals surface area contributed by atoms with Gasteiger partial charge in [0.25, 0.3) is 5.91 Å². The van der Waals surface area contributed by atoms with Crippen LogP contribution in [-0.2, 0) is 6.54 Å². The topological polar surface area (TPSA) is 57.3 Å². The smallest absolute Gasteiger partial charge is 0.256 e. The summed E-state index contributed by atoms with van der Waals surface area (Å²) in [6.07, 6.45) is 3.58. The third kappa shape index (κ3) is 3.43. The van der Waals surface area contributed by atoms with Crippen molar-refractivity contribution in [2.24, 2.45) is 0 Å². The molecule has 0 aliphatic carbocycles. The molecule has 0 unspecified atom stereocenters. The second-order valence-corrected chi connectivity index (χ2v) is 5.30. The molecule has 0 radical (unpaired) electrons. The van der Waals surface area contributed by atoms with E-state index in [1.165, 1.54) is 0 Å². The molecule has 5 nitrogen and oxygen atoms in total. The number of hydrogen-bond acceptors (Lipinski definition) is 4. The monoisotopic (exact) mass is 296 g/mol. The zero-order valence-electron chi connectivity index (χ0n) is 12.5. The number of nitrogens with one attached hydrogen (secondary N) is 2. The van der Waals surface area contributed by atoms with Gasteiger partial charge in [0.1, 0.15) is 0 Å². The number of rotatable bonds is 4. The van der Waals surface area contributed by atoms with Crippen LogP contribution in [0.4, 0.5) is 5.69 Å². The summed E-state index contributed by atoms with van der Waals surface area (Å²) in [7, 11) is 0. The Labute approximate surface area is 130 Å². The first-order chi connectivity index (χ1) is 10.8. The average Bonchev–Trinajstić information content (AvgIpc) is 2.61. The minimum Gasteiger partial charge on any atom is -0.380 e. The van der Waals surface area contributed by atoms with Gasteiger partial charge in [0.2, 0.25) is 0 Å². The Bertz CT molecular complexity index is 624. The highest BCUT2D eigenvalue weighted by Gasteiger charge is 2.20. The molecule has 5 heteroatoms. The highest BCUT2D eigenvalue weighted by molar-refractivity contribution is 5.99. The normalized spacial score (nSPS) is 14.6. The summed E-state index contributed by atoms with van der Waals surface area (Å²) in [4.78, 5) is 18.7. The standard InChI is InChI=1S/C17H20N4O/c22-17(21-10-8-18-9-11-21)15-5-1-2-6-16(15)20-13-14-4-3-7-19-12-14/h1-7,12,18,20H,8-11,13H2. The molecule has 3 rings (SSSR count). The maximum atomic E-state index is 12.7. The number of pyridine rings is 1. The van der Waals surface area contributed by atoms with Crippen molar-refractivity contribution in [3.05, 3.63) is 59.9 Å². The van der Waals surface area contributed by atoms with E-state index in [0.717, 1.165) is 43.0 Å². The maximum Gasteiger partial charge on any atom is 0.256 e. The average molecular weight is 296 g/mol. The number of nitrogens with zero attached hydrogens (tertiary/aromatic N) is 2. The van der Waals surface area contributed by atoms with Crippen molar-refractivity contribution in [3.8, 4) is 0 Å². The van der Waals surface area contributed by atoms with Gasteiger partial charge in [-0.2, -0.15) is 0 Å². The van der Waals surface area contributed by atoms with Crippen molar-refractivity contribution < 1.29 is 4.79 Å². The van der Waals surface area contributed by atoms with E-state index in [9.17, 15) is 4.79 Å². The number of anilines is 1. The van der Waals surface area contributed by atoms with Crippen LogP contribution in [0, 0.1) is 0 Å². The first-order valence-corrected chi connectivity index (χ1v) is 7.56. The SMILES string of the molecule is O=C(c1ccccc1NCc1cccnc1)N1CCNCC1. The van der Waals surface area contributed by atoms with E-state index < -0.39 is 0 Å². The summed E-state index contributed by atoms with van der Waals surface area (Å²) in [6, 6.07) is 11.6. The molecule has 0 spiro atoms. The molecule has 1 aliphatic rings. The number of aromatic nitrogens is 1. The molecule has 22 heavy (non-hydrogen) atoms. The van der Waals surface area contributed by atoms with Crippen LogP contribution in [0.15, 0.2) is 48.8 Å². The molecule has 1 fully saturated rings. The highest BCUT2D eigenvalue weighted by Crippen LogP contribution is 2.18. The Morgan fingerprint density at radius 1 is 1.18 bits per heavy atom. The van der Waals surface area contributed by atoms with Gasteiger partial charge in [0.15, 0.2) is 0 Å². The number of para-hydroxylation sites is 1. The Morgan fingerprint density at radius 2 is 2.00 bits per heavy atom. The molecule has 0 saturated carbocycles. The number of hydrogen-bond donors (Lipinski definition) is 2. The predicted molar refractivity (Wildman–Crippen MR) is 86.8 cm³/mol. The molecule has 0 bridgehead atoms. The quantitative estimate of drug-likeness (QED) is 0.902. The van der Waals surface area contributed by atoms with Gasteiger partial charge in [-0.05, 0) is 23.8 Å². The molecule has 2 N–H and O–H groups in total. The molecule has 1 aliphatic heterocycles. The molecule has 114 valence electrons. The van der Waals surface area contributed by atoms with Crippen LogP contribution in [0.3, 0.4) is 0 Å². The van der Waals surface area contributed by atoms with Gasteiger partial charge in [-0.15, -0.1) is 0 Å². The van der Waals surface area contributed by atoms with Crippen LogP contribution < -0.4 is 10.6 Å².